The van der Waals surface area contributed by atoms with Gasteiger partial charge in [0.05, 0.1) is 11.1 Å². The van der Waals surface area contributed by atoms with Gasteiger partial charge in [-0.05, 0) is 18.6 Å². The maximum atomic E-state index is 12.0. The first-order chi connectivity index (χ1) is 9.65. The first-order valence-corrected chi connectivity index (χ1v) is 6.87. The van der Waals surface area contributed by atoms with Gasteiger partial charge in [0.25, 0.3) is 11.8 Å². The van der Waals surface area contributed by atoms with E-state index in [2.05, 4.69) is 12.2 Å². The SMILES string of the molecule is CCCCCNC(=O)CN1C(=O)c2ccccc2C1=O. The molecule has 5 heteroatoms. The lowest BCUT2D eigenvalue weighted by Gasteiger charge is -2.13. The number of nitrogens with zero attached hydrogens (tertiary/aromatic N) is 1. The van der Waals surface area contributed by atoms with Crippen LogP contribution in [0.15, 0.2) is 24.3 Å². The number of hydrogen-bond donors (Lipinski definition) is 1. The van der Waals surface area contributed by atoms with Gasteiger partial charge in [-0.3, -0.25) is 19.3 Å². The third kappa shape index (κ3) is 2.87. The molecule has 0 spiro atoms. The second-order valence-corrected chi connectivity index (χ2v) is 4.80. The second-order valence-electron chi connectivity index (χ2n) is 4.80. The lowest BCUT2D eigenvalue weighted by atomic mass is 10.1. The maximum absolute atomic E-state index is 12.0. The van der Waals surface area contributed by atoms with Crippen molar-refractivity contribution >= 4 is 17.7 Å². The standard InChI is InChI=1S/C15H18N2O3/c1-2-3-6-9-16-13(18)10-17-14(19)11-7-4-5-8-12(11)15(17)20/h4-5,7-8H,2-3,6,9-10H2,1H3,(H,16,18). The van der Waals surface area contributed by atoms with Gasteiger partial charge in [0.1, 0.15) is 6.54 Å². The molecule has 0 saturated heterocycles. The van der Waals surface area contributed by atoms with Gasteiger partial charge in [0.15, 0.2) is 0 Å². The van der Waals surface area contributed by atoms with E-state index in [0.29, 0.717) is 17.7 Å². The van der Waals surface area contributed by atoms with E-state index in [1.165, 1.54) is 0 Å². The summed E-state index contributed by atoms with van der Waals surface area (Å²) >= 11 is 0. The minimum Gasteiger partial charge on any atom is -0.355 e. The van der Waals surface area contributed by atoms with E-state index in [-0.39, 0.29) is 12.5 Å². The first kappa shape index (κ1) is 14.2. The van der Waals surface area contributed by atoms with E-state index in [1.807, 2.05) is 0 Å². The number of imide groups is 1. The Morgan fingerprint density at radius 3 is 2.25 bits per heavy atom. The van der Waals surface area contributed by atoms with E-state index in [4.69, 9.17) is 0 Å². The highest BCUT2D eigenvalue weighted by Crippen LogP contribution is 2.21. The van der Waals surface area contributed by atoms with Crippen LogP contribution in [0.25, 0.3) is 0 Å². The van der Waals surface area contributed by atoms with Crippen molar-refractivity contribution in [3.8, 4) is 0 Å². The lowest BCUT2D eigenvalue weighted by Crippen LogP contribution is -2.40. The maximum Gasteiger partial charge on any atom is 0.262 e. The summed E-state index contributed by atoms with van der Waals surface area (Å²) in [5, 5.41) is 2.73. The monoisotopic (exact) mass is 274 g/mol. The first-order valence-electron chi connectivity index (χ1n) is 6.87. The van der Waals surface area contributed by atoms with Gasteiger partial charge in [-0.25, -0.2) is 0 Å². The molecule has 1 aromatic carbocycles. The predicted octanol–water partition coefficient (Wildman–Crippen LogP) is 1.59. The Balaban J connectivity index is 1.93. The molecule has 20 heavy (non-hydrogen) atoms. The second kappa shape index (κ2) is 6.32. The molecule has 0 bridgehead atoms. The number of carbonyl (C=O) groups excluding carboxylic acids is 3. The van der Waals surface area contributed by atoms with Gasteiger partial charge in [-0.2, -0.15) is 0 Å². The number of hydrogen-bond acceptors (Lipinski definition) is 3. The summed E-state index contributed by atoms with van der Waals surface area (Å²) in [7, 11) is 0. The molecule has 0 unspecified atom stereocenters. The van der Waals surface area contributed by atoms with Crippen LogP contribution in [0.1, 0.15) is 46.9 Å². The molecule has 1 N–H and O–H groups in total. The fourth-order valence-electron chi connectivity index (χ4n) is 2.19. The van der Waals surface area contributed by atoms with Crippen LogP contribution in [0.5, 0.6) is 0 Å². The Morgan fingerprint density at radius 2 is 1.70 bits per heavy atom. The van der Waals surface area contributed by atoms with E-state index >= 15 is 0 Å². The lowest BCUT2D eigenvalue weighted by molar-refractivity contribution is -0.121. The Labute approximate surface area is 118 Å². The number of fused-ring (bicyclic) bond motifs is 1. The highest BCUT2D eigenvalue weighted by molar-refractivity contribution is 6.22. The Hall–Kier alpha value is -2.17. The molecule has 0 radical (unpaired) electrons. The summed E-state index contributed by atoms with van der Waals surface area (Å²) in [6.45, 7) is 2.45. The number of unbranched alkanes of at least 4 members (excludes halogenated alkanes) is 2. The van der Waals surface area contributed by atoms with Crippen molar-refractivity contribution in [3.63, 3.8) is 0 Å². The van der Waals surface area contributed by atoms with Crippen molar-refractivity contribution in [2.75, 3.05) is 13.1 Å². The Morgan fingerprint density at radius 1 is 1.10 bits per heavy atom. The minimum absolute atomic E-state index is 0.210. The molecule has 0 aromatic heterocycles. The predicted molar refractivity (Wildman–Crippen MR) is 74.3 cm³/mol. The molecule has 5 nitrogen and oxygen atoms in total. The van der Waals surface area contributed by atoms with E-state index in [9.17, 15) is 14.4 Å². The zero-order valence-corrected chi connectivity index (χ0v) is 11.5. The van der Waals surface area contributed by atoms with Crippen LogP contribution in [-0.2, 0) is 4.79 Å². The molecular formula is C15H18N2O3. The van der Waals surface area contributed by atoms with Crippen LogP contribution in [0, 0.1) is 0 Å². The summed E-state index contributed by atoms with van der Waals surface area (Å²) in [5.41, 5.74) is 0.743. The van der Waals surface area contributed by atoms with Crippen LogP contribution < -0.4 is 5.32 Å². The van der Waals surface area contributed by atoms with E-state index in [1.54, 1.807) is 24.3 Å². The van der Waals surface area contributed by atoms with Crippen LogP contribution in [0.2, 0.25) is 0 Å². The van der Waals surface area contributed by atoms with Crippen LogP contribution in [0.4, 0.5) is 0 Å². The molecular weight excluding hydrogens is 256 g/mol. The smallest absolute Gasteiger partial charge is 0.262 e. The third-order valence-electron chi connectivity index (χ3n) is 3.28. The highest BCUT2D eigenvalue weighted by Gasteiger charge is 2.35. The number of carbonyl (C=O) groups is 3. The summed E-state index contributed by atoms with van der Waals surface area (Å²) in [6, 6.07) is 6.63. The van der Waals surface area contributed by atoms with E-state index < -0.39 is 11.8 Å². The van der Waals surface area contributed by atoms with E-state index in [0.717, 1.165) is 24.2 Å². The van der Waals surface area contributed by atoms with Gasteiger partial charge in [-0.1, -0.05) is 31.9 Å². The van der Waals surface area contributed by atoms with Crippen molar-refractivity contribution in [2.45, 2.75) is 26.2 Å². The summed E-state index contributed by atoms with van der Waals surface area (Å²) < 4.78 is 0. The Kier molecular flexibility index (Phi) is 4.50. The van der Waals surface area contributed by atoms with Crippen LogP contribution in [-0.4, -0.2) is 35.7 Å². The molecule has 2 rings (SSSR count). The van der Waals surface area contributed by atoms with Crippen molar-refractivity contribution in [3.05, 3.63) is 35.4 Å². The molecule has 0 atom stereocenters. The summed E-state index contributed by atoms with van der Waals surface area (Å²) in [5.74, 6) is -1.08. The zero-order chi connectivity index (χ0) is 14.5. The summed E-state index contributed by atoms with van der Waals surface area (Å²) in [4.78, 5) is 36.8. The van der Waals surface area contributed by atoms with Crippen molar-refractivity contribution < 1.29 is 14.4 Å². The molecule has 1 heterocycles. The van der Waals surface area contributed by atoms with Gasteiger partial charge in [0, 0.05) is 6.54 Å². The molecule has 0 fully saturated rings. The quantitative estimate of drug-likeness (QED) is 0.632. The number of amides is 3. The zero-order valence-electron chi connectivity index (χ0n) is 11.5. The fourth-order valence-corrected chi connectivity index (χ4v) is 2.19. The fraction of sp³-hybridized carbons (Fsp3) is 0.400. The molecule has 106 valence electrons. The van der Waals surface area contributed by atoms with Crippen molar-refractivity contribution in [2.24, 2.45) is 0 Å². The molecule has 1 aliphatic heterocycles. The minimum atomic E-state index is -0.394. The topological polar surface area (TPSA) is 66.5 Å². The van der Waals surface area contributed by atoms with Gasteiger partial charge in [0.2, 0.25) is 5.91 Å². The number of benzene rings is 1. The average molecular weight is 274 g/mol. The van der Waals surface area contributed by atoms with Crippen LogP contribution >= 0.6 is 0 Å². The normalized spacial score (nSPS) is 13.6. The summed E-state index contributed by atoms with van der Waals surface area (Å²) in [6.07, 6.45) is 3.03. The number of rotatable bonds is 6. The molecule has 0 saturated carbocycles. The van der Waals surface area contributed by atoms with Gasteiger partial charge < -0.3 is 5.32 Å². The molecule has 1 aliphatic rings. The van der Waals surface area contributed by atoms with Crippen LogP contribution in [0.3, 0.4) is 0 Å². The Bertz CT molecular complexity index is 505. The van der Waals surface area contributed by atoms with Crippen molar-refractivity contribution in [1.82, 2.24) is 10.2 Å². The largest absolute Gasteiger partial charge is 0.355 e. The molecule has 3 amide bonds. The third-order valence-corrected chi connectivity index (χ3v) is 3.28. The molecule has 0 aliphatic carbocycles. The highest BCUT2D eigenvalue weighted by atomic mass is 16.2. The molecule has 1 aromatic rings. The van der Waals surface area contributed by atoms with Gasteiger partial charge in [-0.15, -0.1) is 0 Å². The average Bonchev–Trinajstić information content (AvgIpc) is 2.69. The van der Waals surface area contributed by atoms with Crippen molar-refractivity contribution in [1.29, 1.82) is 0 Å². The van der Waals surface area contributed by atoms with Gasteiger partial charge >= 0.3 is 0 Å². The number of nitrogens with one attached hydrogen (secondary N) is 1.